The maximum Gasteiger partial charge on any atom is 0.156 e. The van der Waals surface area contributed by atoms with Gasteiger partial charge in [-0.15, -0.1) is 0 Å². The van der Waals surface area contributed by atoms with Gasteiger partial charge in [0.05, 0.1) is 6.54 Å². The van der Waals surface area contributed by atoms with Gasteiger partial charge in [-0.2, -0.15) is 5.10 Å². The first-order valence-corrected chi connectivity index (χ1v) is 6.30. The highest BCUT2D eigenvalue weighted by Gasteiger charge is 2.22. The van der Waals surface area contributed by atoms with Gasteiger partial charge in [-0.3, -0.25) is 9.58 Å². The van der Waals surface area contributed by atoms with Crippen LogP contribution in [0.15, 0.2) is 0 Å². The third kappa shape index (κ3) is 3.04. The molecule has 2 rings (SSSR count). The molecule has 96 valence electrons. The second kappa shape index (κ2) is 4.74. The number of nitrogens with zero attached hydrogens (tertiary/aromatic N) is 4. The van der Waals surface area contributed by atoms with E-state index in [2.05, 4.69) is 41.1 Å². The Morgan fingerprint density at radius 2 is 1.88 bits per heavy atom. The Labute approximate surface area is 103 Å². The summed E-state index contributed by atoms with van der Waals surface area (Å²) < 4.78 is 1.92. The summed E-state index contributed by atoms with van der Waals surface area (Å²) in [7, 11) is 1.99. The van der Waals surface area contributed by atoms with Gasteiger partial charge in [0, 0.05) is 38.6 Å². The van der Waals surface area contributed by atoms with Crippen molar-refractivity contribution >= 4 is 0 Å². The highest BCUT2D eigenvalue weighted by Crippen LogP contribution is 2.18. The number of aromatic nitrogens is 3. The molecule has 0 aliphatic carbocycles. The zero-order valence-electron chi connectivity index (χ0n) is 11.3. The molecule has 1 aliphatic heterocycles. The molecule has 2 heterocycles. The van der Waals surface area contributed by atoms with Crippen molar-refractivity contribution in [3.63, 3.8) is 0 Å². The molecule has 5 nitrogen and oxygen atoms in total. The Balaban J connectivity index is 2.07. The van der Waals surface area contributed by atoms with E-state index in [0.29, 0.717) is 0 Å². The summed E-state index contributed by atoms with van der Waals surface area (Å²) in [6.07, 6.45) is 0. The van der Waals surface area contributed by atoms with E-state index < -0.39 is 0 Å². The van der Waals surface area contributed by atoms with Gasteiger partial charge in [0.25, 0.3) is 0 Å². The van der Waals surface area contributed by atoms with Gasteiger partial charge in [0.1, 0.15) is 5.82 Å². The van der Waals surface area contributed by atoms with E-state index in [1.165, 1.54) is 0 Å². The van der Waals surface area contributed by atoms with Crippen LogP contribution >= 0.6 is 0 Å². The van der Waals surface area contributed by atoms with Crippen molar-refractivity contribution in [1.29, 1.82) is 0 Å². The maximum absolute atomic E-state index is 4.66. The van der Waals surface area contributed by atoms with Gasteiger partial charge >= 0.3 is 0 Å². The quantitative estimate of drug-likeness (QED) is 0.814. The highest BCUT2D eigenvalue weighted by molar-refractivity contribution is 5.03. The third-order valence-electron chi connectivity index (χ3n) is 3.10. The smallest absolute Gasteiger partial charge is 0.156 e. The van der Waals surface area contributed by atoms with Crippen molar-refractivity contribution in [3.05, 3.63) is 11.6 Å². The number of aryl methyl sites for hydroxylation is 1. The van der Waals surface area contributed by atoms with Gasteiger partial charge in [-0.1, -0.05) is 20.8 Å². The zero-order chi connectivity index (χ0) is 12.5. The molecule has 0 saturated carbocycles. The van der Waals surface area contributed by atoms with Crippen molar-refractivity contribution in [2.45, 2.75) is 32.7 Å². The summed E-state index contributed by atoms with van der Waals surface area (Å²) >= 11 is 0. The van der Waals surface area contributed by atoms with Crippen LogP contribution in [0.3, 0.4) is 0 Å². The predicted octanol–water partition coefficient (Wildman–Crippen LogP) is 0.518. The first-order valence-electron chi connectivity index (χ1n) is 6.30. The Kier molecular flexibility index (Phi) is 3.49. The Hall–Kier alpha value is -0.940. The monoisotopic (exact) mass is 237 g/mol. The number of hydrogen-bond donors (Lipinski definition) is 1. The first kappa shape index (κ1) is 12.5. The summed E-state index contributed by atoms with van der Waals surface area (Å²) in [6, 6.07) is 0. The van der Waals surface area contributed by atoms with E-state index in [1.807, 2.05) is 11.7 Å². The van der Waals surface area contributed by atoms with Crippen molar-refractivity contribution in [2.75, 3.05) is 26.2 Å². The van der Waals surface area contributed by atoms with E-state index >= 15 is 0 Å². The average molecular weight is 237 g/mol. The molecule has 0 radical (unpaired) electrons. The van der Waals surface area contributed by atoms with E-state index in [0.717, 1.165) is 44.4 Å². The molecule has 1 aromatic heterocycles. The number of nitrogens with one attached hydrogen (secondary N) is 1. The fourth-order valence-corrected chi connectivity index (χ4v) is 1.94. The lowest BCUT2D eigenvalue weighted by atomic mass is 9.96. The molecule has 0 bridgehead atoms. The molecule has 1 aromatic rings. The van der Waals surface area contributed by atoms with Gasteiger partial charge in [-0.05, 0) is 0 Å². The van der Waals surface area contributed by atoms with Crippen LogP contribution in [0.2, 0.25) is 0 Å². The fraction of sp³-hybridized carbons (Fsp3) is 0.833. The Bertz CT molecular complexity index is 371. The molecule has 1 fully saturated rings. The van der Waals surface area contributed by atoms with Crippen LogP contribution in [0, 0.1) is 0 Å². The lowest BCUT2D eigenvalue weighted by Gasteiger charge is -2.26. The van der Waals surface area contributed by atoms with Crippen LogP contribution in [0.4, 0.5) is 0 Å². The minimum atomic E-state index is 0.0272. The average Bonchev–Trinajstić information content (AvgIpc) is 2.62. The minimum Gasteiger partial charge on any atom is -0.314 e. The topological polar surface area (TPSA) is 46.0 Å². The molecule has 1 aliphatic rings. The summed E-state index contributed by atoms with van der Waals surface area (Å²) in [4.78, 5) is 7.09. The van der Waals surface area contributed by atoms with Crippen LogP contribution in [-0.4, -0.2) is 45.8 Å². The minimum absolute atomic E-state index is 0.0272. The summed E-state index contributed by atoms with van der Waals surface area (Å²) in [6.45, 7) is 11.7. The highest BCUT2D eigenvalue weighted by atomic mass is 15.4. The van der Waals surface area contributed by atoms with Crippen molar-refractivity contribution < 1.29 is 0 Å². The molecule has 17 heavy (non-hydrogen) atoms. The van der Waals surface area contributed by atoms with Gasteiger partial charge in [0.2, 0.25) is 0 Å². The van der Waals surface area contributed by atoms with Crippen molar-refractivity contribution in [3.8, 4) is 0 Å². The lowest BCUT2D eigenvalue weighted by molar-refractivity contribution is 0.225. The zero-order valence-corrected chi connectivity index (χ0v) is 11.3. The second-order valence-corrected chi connectivity index (χ2v) is 5.75. The fourth-order valence-electron chi connectivity index (χ4n) is 1.94. The number of piperazine rings is 1. The van der Waals surface area contributed by atoms with Crippen LogP contribution in [0.5, 0.6) is 0 Å². The molecule has 1 saturated heterocycles. The van der Waals surface area contributed by atoms with Gasteiger partial charge in [-0.25, -0.2) is 4.98 Å². The molecule has 0 atom stereocenters. The SMILES string of the molecule is Cn1nc(C(C)(C)C)nc1CN1CCNCC1. The summed E-state index contributed by atoms with van der Waals surface area (Å²) in [5.74, 6) is 2.00. The first-order chi connectivity index (χ1) is 7.97. The predicted molar refractivity (Wildman–Crippen MR) is 67.8 cm³/mol. The van der Waals surface area contributed by atoms with E-state index in [4.69, 9.17) is 0 Å². The summed E-state index contributed by atoms with van der Waals surface area (Å²) in [5, 5.41) is 7.87. The Morgan fingerprint density at radius 1 is 1.24 bits per heavy atom. The normalized spacial score (nSPS) is 18.6. The molecule has 0 unspecified atom stereocenters. The molecular weight excluding hydrogens is 214 g/mol. The van der Waals surface area contributed by atoms with Crippen LogP contribution in [-0.2, 0) is 19.0 Å². The Morgan fingerprint density at radius 3 is 2.41 bits per heavy atom. The molecule has 5 heteroatoms. The van der Waals surface area contributed by atoms with E-state index in [1.54, 1.807) is 0 Å². The van der Waals surface area contributed by atoms with Gasteiger partial charge < -0.3 is 5.32 Å². The van der Waals surface area contributed by atoms with Crippen molar-refractivity contribution in [2.24, 2.45) is 7.05 Å². The maximum atomic E-state index is 4.66. The van der Waals surface area contributed by atoms with Gasteiger partial charge in [0.15, 0.2) is 5.82 Å². The molecule has 1 N–H and O–H groups in total. The molecule has 0 spiro atoms. The van der Waals surface area contributed by atoms with Crippen LogP contribution < -0.4 is 5.32 Å². The standard InChI is InChI=1S/C12H23N5/c1-12(2,3)11-14-10(16(4)15-11)9-17-7-5-13-6-8-17/h13H,5-9H2,1-4H3. The molecular formula is C12H23N5. The molecule has 0 amide bonds. The van der Waals surface area contributed by atoms with E-state index in [9.17, 15) is 0 Å². The van der Waals surface area contributed by atoms with Crippen LogP contribution in [0.1, 0.15) is 32.4 Å². The van der Waals surface area contributed by atoms with E-state index in [-0.39, 0.29) is 5.41 Å². The summed E-state index contributed by atoms with van der Waals surface area (Å²) in [5.41, 5.74) is 0.0272. The van der Waals surface area contributed by atoms with Crippen molar-refractivity contribution in [1.82, 2.24) is 25.0 Å². The largest absolute Gasteiger partial charge is 0.314 e. The molecule has 0 aromatic carbocycles. The second-order valence-electron chi connectivity index (χ2n) is 5.75. The third-order valence-corrected chi connectivity index (χ3v) is 3.10. The lowest BCUT2D eigenvalue weighted by Crippen LogP contribution is -2.43. The van der Waals surface area contributed by atoms with Crippen LogP contribution in [0.25, 0.3) is 0 Å². The number of hydrogen-bond acceptors (Lipinski definition) is 4. The number of rotatable bonds is 2.